The van der Waals surface area contributed by atoms with Gasteiger partial charge in [-0.15, -0.1) is 0 Å². The number of ketones is 1. The number of rotatable bonds is 3. The highest BCUT2D eigenvalue weighted by Gasteiger charge is 2.65. The molecule has 1 aliphatic carbocycles. The first-order chi connectivity index (χ1) is 15.2. The number of carbonyl (C=O) groups excluding carboxylic acids is 3. The average molecular weight is 416 g/mol. The molecule has 158 valence electrons. The average Bonchev–Trinajstić information content (AvgIpc) is 3.50. The summed E-state index contributed by atoms with van der Waals surface area (Å²) in [4.78, 5) is 44.4. The van der Waals surface area contributed by atoms with Crippen LogP contribution in [0, 0.1) is 11.8 Å². The smallest absolute Gasteiger partial charge is 0.236 e. The summed E-state index contributed by atoms with van der Waals surface area (Å²) in [5, 5.41) is 0. The van der Waals surface area contributed by atoms with E-state index in [1.807, 2.05) is 41.4 Å². The highest BCUT2D eigenvalue weighted by Crippen LogP contribution is 2.53. The van der Waals surface area contributed by atoms with Crippen LogP contribution in [0.25, 0.3) is 6.08 Å². The number of furan rings is 1. The van der Waals surface area contributed by atoms with Gasteiger partial charge in [0.25, 0.3) is 0 Å². The van der Waals surface area contributed by atoms with E-state index < -0.39 is 17.9 Å². The molecular formula is C25H24N2O4. The maximum Gasteiger partial charge on any atom is 0.236 e. The Morgan fingerprint density at radius 2 is 1.71 bits per heavy atom. The van der Waals surface area contributed by atoms with Crippen molar-refractivity contribution in [1.82, 2.24) is 9.80 Å². The third-order valence-electron chi connectivity index (χ3n) is 7.47. The maximum atomic E-state index is 13.7. The van der Waals surface area contributed by atoms with Gasteiger partial charge in [-0.25, -0.2) is 0 Å². The highest BCUT2D eigenvalue weighted by atomic mass is 16.3. The van der Waals surface area contributed by atoms with Crippen molar-refractivity contribution in [3.8, 4) is 0 Å². The largest absolute Gasteiger partial charge is 0.461 e. The van der Waals surface area contributed by atoms with E-state index in [0.717, 1.165) is 43.2 Å². The number of fused-ring (bicyclic) bond motifs is 5. The summed E-state index contributed by atoms with van der Waals surface area (Å²) < 4.78 is 5.40. The molecule has 6 rings (SSSR count). The molecule has 4 atom stereocenters. The molecule has 0 bridgehead atoms. The van der Waals surface area contributed by atoms with Gasteiger partial charge in [0.1, 0.15) is 6.04 Å². The van der Waals surface area contributed by atoms with Gasteiger partial charge in [-0.3, -0.25) is 19.3 Å². The fourth-order valence-electron chi connectivity index (χ4n) is 6.14. The summed E-state index contributed by atoms with van der Waals surface area (Å²) in [5.41, 5.74) is 2.03. The Morgan fingerprint density at radius 1 is 0.935 bits per heavy atom. The van der Waals surface area contributed by atoms with Gasteiger partial charge < -0.3 is 9.32 Å². The third-order valence-corrected chi connectivity index (χ3v) is 7.47. The van der Waals surface area contributed by atoms with Crippen molar-refractivity contribution in [3.05, 3.63) is 65.7 Å². The Balaban J connectivity index is 1.47. The molecule has 0 spiro atoms. The molecule has 2 saturated heterocycles. The molecule has 3 aliphatic heterocycles. The van der Waals surface area contributed by atoms with Crippen LogP contribution in [-0.4, -0.2) is 39.5 Å². The minimum absolute atomic E-state index is 0.0402. The molecule has 1 aromatic heterocycles. The van der Waals surface area contributed by atoms with Crippen molar-refractivity contribution in [3.63, 3.8) is 0 Å². The maximum absolute atomic E-state index is 13.7. The number of likely N-dealkylation sites (tertiary alicyclic amines) is 1. The zero-order valence-corrected chi connectivity index (χ0v) is 17.1. The molecule has 0 N–H and O–H groups in total. The van der Waals surface area contributed by atoms with Gasteiger partial charge in [0.05, 0.1) is 24.1 Å². The van der Waals surface area contributed by atoms with Crippen molar-refractivity contribution >= 4 is 23.7 Å². The van der Waals surface area contributed by atoms with Crippen molar-refractivity contribution in [1.29, 1.82) is 0 Å². The Morgan fingerprint density at radius 3 is 2.48 bits per heavy atom. The second-order valence-electron chi connectivity index (χ2n) is 9.01. The molecule has 4 unspecified atom stereocenters. The molecule has 6 heteroatoms. The van der Waals surface area contributed by atoms with Gasteiger partial charge in [0.15, 0.2) is 5.76 Å². The topological polar surface area (TPSA) is 70.8 Å². The number of Topliss-reactive ketones (excluding diaryl/α,β-unsaturated/α-hetero) is 1. The first kappa shape index (κ1) is 18.6. The van der Waals surface area contributed by atoms with Gasteiger partial charge >= 0.3 is 0 Å². The van der Waals surface area contributed by atoms with Crippen molar-refractivity contribution in [2.45, 2.75) is 50.2 Å². The third kappa shape index (κ3) is 2.60. The second-order valence-corrected chi connectivity index (χ2v) is 9.01. The van der Waals surface area contributed by atoms with Crippen LogP contribution in [0.2, 0.25) is 0 Å². The minimum atomic E-state index is -0.740. The lowest BCUT2D eigenvalue weighted by Crippen LogP contribution is -2.47. The molecule has 3 fully saturated rings. The van der Waals surface area contributed by atoms with Gasteiger partial charge in [0, 0.05) is 12.2 Å². The number of hydrogen-bond donors (Lipinski definition) is 0. The van der Waals surface area contributed by atoms with Crippen LogP contribution in [0.1, 0.15) is 59.8 Å². The lowest BCUT2D eigenvalue weighted by molar-refractivity contribution is -0.144. The quantitative estimate of drug-likeness (QED) is 0.562. The zero-order chi connectivity index (χ0) is 21.1. The summed E-state index contributed by atoms with van der Waals surface area (Å²) in [5.74, 6) is -1.55. The molecule has 1 saturated carbocycles. The van der Waals surface area contributed by atoms with Gasteiger partial charge in [-0.1, -0.05) is 43.5 Å². The van der Waals surface area contributed by atoms with E-state index in [4.69, 9.17) is 4.42 Å². The molecular weight excluding hydrogens is 392 g/mol. The lowest BCUT2D eigenvalue weighted by atomic mass is 9.84. The summed E-state index contributed by atoms with van der Waals surface area (Å²) in [7, 11) is 0. The van der Waals surface area contributed by atoms with Crippen LogP contribution < -0.4 is 0 Å². The minimum Gasteiger partial charge on any atom is -0.461 e. The number of nitrogens with zero attached hydrogens (tertiary/aromatic N) is 2. The predicted molar refractivity (Wildman–Crippen MR) is 113 cm³/mol. The van der Waals surface area contributed by atoms with Crippen molar-refractivity contribution in [2.24, 2.45) is 11.8 Å². The monoisotopic (exact) mass is 416 g/mol. The van der Waals surface area contributed by atoms with E-state index in [1.165, 1.54) is 11.2 Å². The lowest BCUT2D eigenvalue weighted by Gasteiger charge is -2.37. The molecule has 4 aliphatic rings. The number of hydrogen-bond acceptors (Lipinski definition) is 5. The van der Waals surface area contributed by atoms with Crippen molar-refractivity contribution < 1.29 is 18.8 Å². The van der Waals surface area contributed by atoms with E-state index in [2.05, 4.69) is 0 Å². The summed E-state index contributed by atoms with van der Waals surface area (Å²) in [6.45, 7) is 0. The standard InChI is InChI=1S/C25H24N2O4/c28-23(18-11-6-14-31-18)22-20-19(21-17-10-5-4-7-15(17)12-13-26(21)22)24(29)27(25(20)30)16-8-2-1-3-9-16/h4-7,10-14,16,19-22H,1-3,8-9H2. The fourth-order valence-corrected chi connectivity index (χ4v) is 6.14. The van der Waals surface area contributed by atoms with Crippen LogP contribution in [0.15, 0.2) is 53.3 Å². The van der Waals surface area contributed by atoms with E-state index in [1.54, 1.807) is 12.1 Å². The van der Waals surface area contributed by atoms with Crippen LogP contribution in [0.5, 0.6) is 0 Å². The van der Waals surface area contributed by atoms with Crippen LogP contribution in [0.4, 0.5) is 0 Å². The van der Waals surface area contributed by atoms with Gasteiger partial charge in [0.2, 0.25) is 17.6 Å². The van der Waals surface area contributed by atoms with E-state index in [-0.39, 0.29) is 35.4 Å². The molecule has 2 aromatic rings. The van der Waals surface area contributed by atoms with E-state index in [9.17, 15) is 14.4 Å². The van der Waals surface area contributed by atoms with E-state index in [0.29, 0.717) is 0 Å². The van der Waals surface area contributed by atoms with Crippen molar-refractivity contribution in [2.75, 3.05) is 0 Å². The van der Waals surface area contributed by atoms with Crippen LogP contribution >= 0.6 is 0 Å². The fraction of sp³-hybridized carbons (Fsp3) is 0.400. The molecule has 31 heavy (non-hydrogen) atoms. The summed E-state index contributed by atoms with van der Waals surface area (Å²) >= 11 is 0. The number of amides is 2. The molecule has 0 radical (unpaired) electrons. The van der Waals surface area contributed by atoms with E-state index >= 15 is 0 Å². The van der Waals surface area contributed by atoms with Gasteiger partial charge in [-0.05, 0) is 42.2 Å². The molecule has 1 aromatic carbocycles. The molecule has 4 heterocycles. The summed E-state index contributed by atoms with van der Waals surface area (Å²) in [6, 6.07) is 10.1. The van der Waals surface area contributed by atoms with Gasteiger partial charge in [-0.2, -0.15) is 0 Å². The predicted octanol–water partition coefficient (Wildman–Crippen LogP) is 3.81. The normalized spacial score (nSPS) is 29.8. The van der Waals surface area contributed by atoms with Crippen LogP contribution in [-0.2, 0) is 9.59 Å². The zero-order valence-electron chi connectivity index (χ0n) is 17.1. The highest BCUT2D eigenvalue weighted by molar-refractivity contribution is 6.11. The second kappa shape index (κ2) is 6.94. The Labute approximate surface area is 180 Å². The molecule has 2 amide bonds. The van der Waals surface area contributed by atoms with Crippen LogP contribution in [0.3, 0.4) is 0 Å². The number of imide groups is 1. The Bertz CT molecular complexity index is 1080. The first-order valence-electron chi connectivity index (χ1n) is 11.2. The number of carbonyl (C=O) groups is 3. The Kier molecular flexibility index (Phi) is 4.16. The SMILES string of the molecule is O=C(c1ccco1)C1C2C(=O)N(C3CCCCC3)C(=O)C2C2c3ccccc3C=CN12. The Hall–Kier alpha value is -3.15. The number of benzene rings is 1. The summed E-state index contributed by atoms with van der Waals surface area (Å²) in [6.07, 6.45) is 10.2. The molecule has 6 nitrogen and oxygen atoms in total. The first-order valence-corrected chi connectivity index (χ1v) is 11.2.